The first-order chi connectivity index (χ1) is 18.0. The van der Waals surface area contributed by atoms with E-state index in [1.54, 1.807) is 22.5 Å². The van der Waals surface area contributed by atoms with Crippen LogP contribution in [0.2, 0.25) is 0 Å². The third-order valence-corrected chi connectivity index (χ3v) is 10.9. The smallest absolute Gasteiger partial charge is 0.243 e. The lowest BCUT2D eigenvalue weighted by Crippen LogP contribution is -2.65. The maximum absolute atomic E-state index is 14.2. The molecule has 10 heteroatoms. The molecule has 0 bridgehead atoms. The molecule has 37 heavy (non-hydrogen) atoms. The highest BCUT2D eigenvalue weighted by molar-refractivity contribution is 7.89. The summed E-state index contributed by atoms with van der Waals surface area (Å²) in [7, 11) is -3.74. The van der Waals surface area contributed by atoms with Crippen molar-refractivity contribution in [2.45, 2.75) is 61.9 Å². The Morgan fingerprint density at radius 2 is 1.70 bits per heavy atom. The molecular weight excluding hydrogens is 494 g/mol. The number of fused-ring (bicyclic) bond motifs is 1. The fourth-order valence-corrected chi connectivity index (χ4v) is 9.12. The Bertz CT molecular complexity index is 1090. The molecule has 1 aromatic carbocycles. The largest absolute Gasteiger partial charge is 0.486 e. The van der Waals surface area contributed by atoms with Crippen LogP contribution in [-0.4, -0.2) is 99.7 Å². The molecule has 4 fully saturated rings. The van der Waals surface area contributed by atoms with Gasteiger partial charge in [0.15, 0.2) is 11.5 Å². The Hall–Kier alpha value is -1.88. The van der Waals surface area contributed by atoms with E-state index in [0.29, 0.717) is 94.7 Å². The van der Waals surface area contributed by atoms with Gasteiger partial charge in [0.25, 0.3) is 0 Å². The average Bonchev–Trinajstić information content (AvgIpc) is 2.94. The number of carbonyl (C=O) groups excluding carboxylic acids is 1. The summed E-state index contributed by atoms with van der Waals surface area (Å²) in [5, 5.41) is 0. The molecule has 4 saturated heterocycles. The molecule has 0 unspecified atom stereocenters. The molecular formula is C27H39N3O6S. The fourth-order valence-electron chi connectivity index (χ4n) is 7.34. The van der Waals surface area contributed by atoms with Gasteiger partial charge in [-0.2, -0.15) is 4.31 Å². The predicted octanol–water partition coefficient (Wildman–Crippen LogP) is 2.35. The van der Waals surface area contributed by atoms with Gasteiger partial charge in [0.05, 0.1) is 18.1 Å². The van der Waals surface area contributed by atoms with E-state index in [9.17, 15) is 13.2 Å². The quantitative estimate of drug-likeness (QED) is 0.555. The first-order valence-corrected chi connectivity index (χ1v) is 15.5. The van der Waals surface area contributed by atoms with Crippen LogP contribution in [0.1, 0.15) is 44.9 Å². The third-order valence-electron chi connectivity index (χ3n) is 9.00. The van der Waals surface area contributed by atoms with Crippen molar-refractivity contribution >= 4 is 15.9 Å². The number of rotatable bonds is 6. The van der Waals surface area contributed by atoms with Gasteiger partial charge in [-0.3, -0.25) is 9.69 Å². The lowest BCUT2D eigenvalue weighted by molar-refractivity contribution is -0.135. The Kier molecular flexibility index (Phi) is 7.35. The van der Waals surface area contributed by atoms with E-state index in [-0.39, 0.29) is 16.8 Å². The molecule has 1 amide bonds. The van der Waals surface area contributed by atoms with Crippen LogP contribution >= 0.6 is 0 Å². The van der Waals surface area contributed by atoms with Crippen molar-refractivity contribution in [1.82, 2.24) is 14.1 Å². The van der Waals surface area contributed by atoms with Gasteiger partial charge >= 0.3 is 0 Å². The number of piperidine rings is 3. The summed E-state index contributed by atoms with van der Waals surface area (Å²) in [6.45, 7) is 6.16. The summed E-state index contributed by atoms with van der Waals surface area (Å²) in [6, 6.07) is 5.35. The number of amides is 1. The van der Waals surface area contributed by atoms with Gasteiger partial charge in [0.2, 0.25) is 15.9 Å². The van der Waals surface area contributed by atoms with Gasteiger partial charge in [0.1, 0.15) is 13.2 Å². The Morgan fingerprint density at radius 3 is 2.51 bits per heavy atom. The van der Waals surface area contributed by atoms with Crippen molar-refractivity contribution in [3.8, 4) is 11.5 Å². The minimum Gasteiger partial charge on any atom is -0.486 e. The number of hydrogen-bond donors (Lipinski definition) is 0. The van der Waals surface area contributed by atoms with Gasteiger partial charge in [-0.1, -0.05) is 0 Å². The minimum absolute atomic E-state index is 0.0992. The highest BCUT2D eigenvalue weighted by atomic mass is 32.2. The SMILES string of the molecule is O=C(CCC[C@@H]1[C@H]2CCCN3CCC[C@@H](CN1S(=O)(=O)c1ccc4c(c1)OCCO4)[C@@H]23)N1CCOCC1. The number of nitrogens with zero attached hydrogens (tertiary/aromatic N) is 3. The highest BCUT2D eigenvalue weighted by Crippen LogP contribution is 2.45. The van der Waals surface area contributed by atoms with Gasteiger partial charge < -0.3 is 19.1 Å². The first kappa shape index (κ1) is 25.4. The molecule has 5 heterocycles. The number of ether oxygens (including phenoxy) is 3. The zero-order chi connectivity index (χ0) is 25.4. The molecule has 0 radical (unpaired) electrons. The highest BCUT2D eigenvalue weighted by Gasteiger charge is 2.51. The third kappa shape index (κ3) is 4.97. The van der Waals surface area contributed by atoms with Crippen LogP contribution in [0.3, 0.4) is 0 Å². The summed E-state index contributed by atoms with van der Waals surface area (Å²) in [4.78, 5) is 17.6. The lowest BCUT2D eigenvalue weighted by atomic mass is 9.70. The molecule has 9 nitrogen and oxygen atoms in total. The summed E-state index contributed by atoms with van der Waals surface area (Å²) in [5.74, 6) is 1.91. The van der Waals surface area contributed by atoms with Gasteiger partial charge in [-0.25, -0.2) is 8.42 Å². The van der Waals surface area contributed by atoms with E-state index >= 15 is 0 Å². The van der Waals surface area contributed by atoms with Crippen molar-refractivity contribution in [3.05, 3.63) is 18.2 Å². The Balaban J connectivity index is 1.25. The van der Waals surface area contributed by atoms with Crippen molar-refractivity contribution in [1.29, 1.82) is 0 Å². The number of benzene rings is 1. The zero-order valence-corrected chi connectivity index (χ0v) is 22.4. The van der Waals surface area contributed by atoms with Crippen LogP contribution in [0.15, 0.2) is 23.1 Å². The van der Waals surface area contributed by atoms with Crippen LogP contribution in [0.25, 0.3) is 0 Å². The topological polar surface area (TPSA) is 88.6 Å². The Labute approximate surface area is 220 Å². The maximum Gasteiger partial charge on any atom is 0.243 e. The van der Waals surface area contributed by atoms with E-state index < -0.39 is 10.0 Å². The van der Waals surface area contributed by atoms with Crippen LogP contribution in [0.4, 0.5) is 0 Å². The Morgan fingerprint density at radius 1 is 0.946 bits per heavy atom. The van der Waals surface area contributed by atoms with Crippen LogP contribution in [0.5, 0.6) is 11.5 Å². The van der Waals surface area contributed by atoms with Gasteiger partial charge in [-0.05, 0) is 75.6 Å². The summed E-state index contributed by atoms with van der Waals surface area (Å²) >= 11 is 0. The fraction of sp³-hybridized carbons (Fsp3) is 0.741. The van der Waals surface area contributed by atoms with E-state index in [2.05, 4.69) is 4.90 Å². The molecule has 5 aliphatic heterocycles. The number of hydrogen-bond acceptors (Lipinski definition) is 7. The van der Waals surface area contributed by atoms with E-state index in [1.165, 1.54) is 0 Å². The molecule has 0 aliphatic carbocycles. The second-order valence-corrected chi connectivity index (χ2v) is 13.0. The van der Waals surface area contributed by atoms with E-state index in [0.717, 1.165) is 38.8 Å². The van der Waals surface area contributed by atoms with Crippen molar-refractivity contribution in [2.75, 3.05) is 59.2 Å². The molecule has 4 atom stereocenters. The van der Waals surface area contributed by atoms with Gasteiger partial charge in [0, 0.05) is 44.2 Å². The number of morpholine rings is 1. The summed E-state index contributed by atoms with van der Waals surface area (Å²) in [6.07, 6.45) is 6.22. The van der Waals surface area contributed by atoms with Crippen LogP contribution < -0.4 is 9.47 Å². The molecule has 0 N–H and O–H groups in total. The molecule has 6 rings (SSSR count). The zero-order valence-electron chi connectivity index (χ0n) is 21.6. The van der Waals surface area contributed by atoms with Crippen molar-refractivity contribution in [3.63, 3.8) is 0 Å². The molecule has 0 aromatic heterocycles. The molecule has 5 aliphatic rings. The molecule has 1 aromatic rings. The molecule has 0 spiro atoms. The van der Waals surface area contributed by atoms with Crippen molar-refractivity contribution < 1.29 is 27.4 Å². The molecule has 0 saturated carbocycles. The first-order valence-electron chi connectivity index (χ1n) is 14.0. The summed E-state index contributed by atoms with van der Waals surface area (Å²) in [5.41, 5.74) is 0. The normalized spacial score (nSPS) is 30.5. The molecule has 204 valence electrons. The van der Waals surface area contributed by atoms with Crippen LogP contribution in [-0.2, 0) is 19.6 Å². The minimum atomic E-state index is -3.74. The monoisotopic (exact) mass is 533 g/mol. The van der Waals surface area contributed by atoms with E-state index in [4.69, 9.17) is 14.2 Å². The second-order valence-electron chi connectivity index (χ2n) is 11.1. The number of carbonyl (C=O) groups is 1. The maximum atomic E-state index is 14.2. The summed E-state index contributed by atoms with van der Waals surface area (Å²) < 4.78 is 46.9. The predicted molar refractivity (Wildman–Crippen MR) is 137 cm³/mol. The average molecular weight is 534 g/mol. The van der Waals surface area contributed by atoms with Crippen LogP contribution in [0, 0.1) is 11.8 Å². The second kappa shape index (κ2) is 10.7. The van der Waals surface area contributed by atoms with Gasteiger partial charge in [-0.15, -0.1) is 0 Å². The standard InChI is InChI=1S/C27H39N3O6S/c31-26(28-12-14-34-15-13-28)7-1-6-23-22-5-3-11-29-10-2-4-20(27(22)29)19-30(23)37(32,33)21-8-9-24-25(18-21)36-17-16-35-24/h8-9,18,20,22-23,27H,1-7,10-17,19H2/t20-,22+,23+,27-/m0/s1. The van der Waals surface area contributed by atoms with Crippen molar-refractivity contribution in [2.24, 2.45) is 11.8 Å². The lowest BCUT2D eigenvalue weighted by Gasteiger charge is -2.57. The number of sulfonamides is 1. The van der Waals surface area contributed by atoms with E-state index in [1.807, 2.05) is 4.90 Å².